The summed E-state index contributed by atoms with van der Waals surface area (Å²) in [6.45, 7) is 1.92. The number of hydrogen-bond donors (Lipinski definition) is 0. The molecule has 1 aromatic heterocycles. The number of furan rings is 1. The lowest BCUT2D eigenvalue weighted by Gasteiger charge is -2.10. The molecule has 3 nitrogen and oxygen atoms in total. The zero-order chi connectivity index (χ0) is 10.7. The van der Waals surface area contributed by atoms with Crippen LogP contribution in [-0.4, -0.2) is 6.10 Å². The maximum Gasteiger partial charge on any atom is 0.184 e. The quantitative estimate of drug-likeness (QED) is 0.766. The SMILES string of the molecule is CCC(C#N)Oc1cccc2occc12. The number of fused-ring (bicyclic) bond motifs is 1. The van der Waals surface area contributed by atoms with Crippen LogP contribution in [-0.2, 0) is 0 Å². The molecule has 1 aromatic carbocycles. The van der Waals surface area contributed by atoms with E-state index in [1.165, 1.54) is 0 Å². The van der Waals surface area contributed by atoms with Gasteiger partial charge in [-0.2, -0.15) is 5.26 Å². The second kappa shape index (κ2) is 4.05. The molecule has 3 heteroatoms. The molecule has 76 valence electrons. The molecule has 0 amide bonds. The summed E-state index contributed by atoms with van der Waals surface area (Å²) in [7, 11) is 0. The van der Waals surface area contributed by atoms with Gasteiger partial charge in [-0.3, -0.25) is 0 Å². The molecular formula is C12H11NO2. The van der Waals surface area contributed by atoms with Gasteiger partial charge in [0.2, 0.25) is 0 Å². The zero-order valence-electron chi connectivity index (χ0n) is 8.43. The largest absolute Gasteiger partial charge is 0.475 e. The highest BCUT2D eigenvalue weighted by Gasteiger charge is 2.09. The third-order valence-corrected chi connectivity index (χ3v) is 2.24. The van der Waals surface area contributed by atoms with E-state index in [1.54, 1.807) is 6.26 Å². The average molecular weight is 201 g/mol. The molecule has 0 spiro atoms. The van der Waals surface area contributed by atoms with E-state index in [0.717, 1.165) is 11.0 Å². The Balaban J connectivity index is 2.35. The van der Waals surface area contributed by atoms with Crippen molar-refractivity contribution < 1.29 is 9.15 Å². The van der Waals surface area contributed by atoms with E-state index in [1.807, 2.05) is 31.2 Å². The Morgan fingerprint density at radius 3 is 3.07 bits per heavy atom. The van der Waals surface area contributed by atoms with Crippen molar-refractivity contribution in [2.75, 3.05) is 0 Å². The molecule has 1 atom stereocenters. The van der Waals surface area contributed by atoms with Gasteiger partial charge in [-0.05, 0) is 24.6 Å². The molecule has 2 aromatic rings. The van der Waals surface area contributed by atoms with Gasteiger partial charge in [0.25, 0.3) is 0 Å². The van der Waals surface area contributed by atoms with Gasteiger partial charge in [-0.25, -0.2) is 0 Å². The van der Waals surface area contributed by atoms with Crippen molar-refractivity contribution in [3.8, 4) is 11.8 Å². The number of hydrogen-bond acceptors (Lipinski definition) is 3. The first-order valence-corrected chi connectivity index (χ1v) is 4.87. The Bertz CT molecular complexity index is 496. The topological polar surface area (TPSA) is 46.2 Å². The first-order valence-electron chi connectivity index (χ1n) is 4.87. The molecular weight excluding hydrogens is 190 g/mol. The van der Waals surface area contributed by atoms with E-state index in [2.05, 4.69) is 6.07 Å². The third kappa shape index (κ3) is 1.79. The molecule has 0 bridgehead atoms. The zero-order valence-corrected chi connectivity index (χ0v) is 8.43. The predicted octanol–water partition coefficient (Wildman–Crippen LogP) is 3.11. The van der Waals surface area contributed by atoms with Crippen molar-refractivity contribution in [2.45, 2.75) is 19.4 Å². The van der Waals surface area contributed by atoms with Gasteiger partial charge < -0.3 is 9.15 Å². The van der Waals surface area contributed by atoms with Crippen LogP contribution in [0.15, 0.2) is 34.9 Å². The number of rotatable bonds is 3. The van der Waals surface area contributed by atoms with E-state index < -0.39 is 6.10 Å². The molecule has 2 rings (SSSR count). The summed E-state index contributed by atoms with van der Waals surface area (Å²) in [5, 5.41) is 9.72. The third-order valence-electron chi connectivity index (χ3n) is 2.24. The van der Waals surface area contributed by atoms with Crippen molar-refractivity contribution in [1.29, 1.82) is 5.26 Å². The van der Waals surface area contributed by atoms with Gasteiger partial charge in [0, 0.05) is 0 Å². The summed E-state index contributed by atoms with van der Waals surface area (Å²) in [5.41, 5.74) is 0.778. The summed E-state index contributed by atoms with van der Waals surface area (Å²) in [6.07, 6.45) is 1.89. The van der Waals surface area contributed by atoms with Crippen LogP contribution in [0, 0.1) is 11.3 Å². The van der Waals surface area contributed by atoms with Crippen molar-refractivity contribution in [3.05, 3.63) is 30.5 Å². The van der Waals surface area contributed by atoms with Crippen molar-refractivity contribution in [2.24, 2.45) is 0 Å². The lowest BCUT2D eigenvalue weighted by molar-refractivity contribution is 0.255. The van der Waals surface area contributed by atoms with Gasteiger partial charge in [-0.15, -0.1) is 0 Å². The first kappa shape index (κ1) is 9.60. The second-order valence-electron chi connectivity index (χ2n) is 3.23. The van der Waals surface area contributed by atoms with Crippen LogP contribution < -0.4 is 4.74 Å². The van der Waals surface area contributed by atoms with Crippen LogP contribution in [0.2, 0.25) is 0 Å². The van der Waals surface area contributed by atoms with E-state index in [4.69, 9.17) is 14.4 Å². The normalized spacial score (nSPS) is 12.3. The van der Waals surface area contributed by atoms with E-state index in [-0.39, 0.29) is 0 Å². The minimum atomic E-state index is -0.398. The van der Waals surface area contributed by atoms with Crippen LogP contribution >= 0.6 is 0 Å². The van der Waals surface area contributed by atoms with Crippen LogP contribution in [0.5, 0.6) is 5.75 Å². The molecule has 15 heavy (non-hydrogen) atoms. The highest BCUT2D eigenvalue weighted by molar-refractivity contribution is 5.83. The Hall–Kier alpha value is -1.95. The number of nitriles is 1. The van der Waals surface area contributed by atoms with Gasteiger partial charge in [0.05, 0.1) is 11.6 Å². The van der Waals surface area contributed by atoms with Crippen LogP contribution in [0.4, 0.5) is 0 Å². The van der Waals surface area contributed by atoms with Crippen molar-refractivity contribution >= 4 is 11.0 Å². The maximum absolute atomic E-state index is 8.81. The standard InChI is InChI=1S/C12H11NO2/c1-2-9(8-13)15-12-5-3-4-11-10(12)6-7-14-11/h3-7,9H,2H2,1H3. The summed E-state index contributed by atoms with van der Waals surface area (Å²) in [5.74, 6) is 0.703. The van der Waals surface area contributed by atoms with Crippen LogP contribution in [0.25, 0.3) is 11.0 Å². The fourth-order valence-corrected chi connectivity index (χ4v) is 1.42. The molecule has 0 aliphatic carbocycles. The first-order chi connectivity index (χ1) is 7.35. The highest BCUT2D eigenvalue weighted by Crippen LogP contribution is 2.27. The van der Waals surface area contributed by atoms with Crippen LogP contribution in [0.3, 0.4) is 0 Å². The van der Waals surface area contributed by atoms with Gasteiger partial charge >= 0.3 is 0 Å². The Labute approximate surface area is 87.9 Å². The molecule has 0 saturated heterocycles. The fourth-order valence-electron chi connectivity index (χ4n) is 1.42. The highest BCUT2D eigenvalue weighted by atomic mass is 16.5. The monoisotopic (exact) mass is 201 g/mol. The smallest absolute Gasteiger partial charge is 0.184 e. The maximum atomic E-state index is 8.81. The molecule has 0 aliphatic rings. The van der Waals surface area contributed by atoms with Gasteiger partial charge in [-0.1, -0.05) is 13.0 Å². The lowest BCUT2D eigenvalue weighted by Crippen LogP contribution is -2.12. The summed E-state index contributed by atoms with van der Waals surface area (Å²) < 4.78 is 10.8. The Kier molecular flexibility index (Phi) is 2.59. The molecule has 0 saturated carbocycles. The Morgan fingerprint density at radius 2 is 2.33 bits per heavy atom. The number of benzene rings is 1. The van der Waals surface area contributed by atoms with Gasteiger partial charge in [0.1, 0.15) is 17.4 Å². The van der Waals surface area contributed by atoms with Crippen LogP contribution in [0.1, 0.15) is 13.3 Å². The number of ether oxygens (including phenoxy) is 1. The summed E-state index contributed by atoms with van der Waals surface area (Å²) in [6, 6.07) is 9.51. The van der Waals surface area contributed by atoms with E-state index in [0.29, 0.717) is 12.2 Å². The molecule has 0 N–H and O–H groups in total. The minimum Gasteiger partial charge on any atom is -0.475 e. The minimum absolute atomic E-state index is 0.398. The molecule has 1 heterocycles. The second-order valence-corrected chi connectivity index (χ2v) is 3.23. The molecule has 0 radical (unpaired) electrons. The molecule has 0 aliphatic heterocycles. The summed E-state index contributed by atoms with van der Waals surface area (Å²) in [4.78, 5) is 0. The van der Waals surface area contributed by atoms with E-state index in [9.17, 15) is 0 Å². The van der Waals surface area contributed by atoms with Crippen molar-refractivity contribution in [3.63, 3.8) is 0 Å². The Morgan fingerprint density at radius 1 is 1.47 bits per heavy atom. The van der Waals surface area contributed by atoms with Gasteiger partial charge in [0.15, 0.2) is 6.10 Å². The molecule has 1 unspecified atom stereocenters. The number of nitrogens with zero attached hydrogens (tertiary/aromatic N) is 1. The summed E-state index contributed by atoms with van der Waals surface area (Å²) >= 11 is 0. The lowest BCUT2D eigenvalue weighted by atomic mass is 10.2. The fraction of sp³-hybridized carbons (Fsp3) is 0.250. The van der Waals surface area contributed by atoms with Crippen molar-refractivity contribution in [1.82, 2.24) is 0 Å². The van der Waals surface area contributed by atoms with E-state index >= 15 is 0 Å². The average Bonchev–Trinajstić information content (AvgIpc) is 2.74. The predicted molar refractivity (Wildman–Crippen MR) is 56.5 cm³/mol. The molecule has 0 fully saturated rings.